The van der Waals surface area contributed by atoms with E-state index in [2.05, 4.69) is 30.8 Å². The number of hydrogen-bond acceptors (Lipinski definition) is 15. The molecule has 79 heavy (non-hydrogen) atoms. The molecular formula is C59H74N12O8. The van der Waals surface area contributed by atoms with E-state index < -0.39 is 11.6 Å². The molecular weight excluding hydrogens is 1000 g/mol. The summed E-state index contributed by atoms with van der Waals surface area (Å²) < 4.78 is 25.2. The molecule has 20 heteroatoms. The zero-order valence-corrected chi connectivity index (χ0v) is 46.9. The fourth-order valence-electron chi connectivity index (χ4n) is 8.52. The number of likely N-dealkylation sites (N-methyl/N-ethyl adjacent to an activating group) is 2. The molecule has 0 radical (unpaired) electrons. The first-order valence-corrected chi connectivity index (χ1v) is 26.3. The molecule has 9 rings (SSSR count). The Morgan fingerprint density at radius 1 is 0.709 bits per heavy atom. The van der Waals surface area contributed by atoms with Crippen molar-refractivity contribution in [1.82, 2.24) is 49.5 Å². The highest BCUT2D eigenvalue weighted by Gasteiger charge is 2.32. The number of aryl methyl sites for hydroxylation is 2. The fraction of sp³-hybridized carbons (Fsp3) is 0.373. The highest BCUT2D eigenvalue weighted by molar-refractivity contribution is 5.94. The van der Waals surface area contributed by atoms with Crippen molar-refractivity contribution in [3.8, 4) is 28.7 Å². The van der Waals surface area contributed by atoms with Crippen LogP contribution >= 0.6 is 0 Å². The minimum absolute atomic E-state index is 0.0116. The van der Waals surface area contributed by atoms with Gasteiger partial charge in [-0.15, -0.1) is 0 Å². The number of hydrogen-bond donors (Lipinski definition) is 4. The molecule has 418 valence electrons. The van der Waals surface area contributed by atoms with Crippen LogP contribution in [0.4, 0.5) is 16.4 Å². The number of carbonyl (C=O) groups excluding carboxylic acids is 2. The fourth-order valence-corrected chi connectivity index (χ4v) is 8.52. The number of amides is 2. The lowest BCUT2D eigenvalue weighted by atomic mass is 10.2. The number of benzene rings is 3. The molecule has 2 saturated heterocycles. The quantitative estimate of drug-likeness (QED) is 0.0625. The molecule has 20 nitrogen and oxygen atoms in total. The number of fused-ring (bicyclic) bond motifs is 2. The van der Waals surface area contributed by atoms with Crippen molar-refractivity contribution in [3.63, 3.8) is 0 Å². The summed E-state index contributed by atoms with van der Waals surface area (Å²) in [6, 6.07) is 27.6. The zero-order chi connectivity index (χ0) is 56.6. The number of methoxy groups -OCH3 is 1. The number of aliphatic carboxylic acids is 1. The number of rotatable bonds is 17. The molecule has 2 aliphatic heterocycles. The number of carboxylic acid groups (broad SMARTS) is 1. The van der Waals surface area contributed by atoms with E-state index in [0.717, 1.165) is 71.2 Å². The topological polar surface area (TPSA) is 218 Å². The first kappa shape index (κ1) is 58.2. The number of H-pyrrole nitrogens is 1. The van der Waals surface area contributed by atoms with E-state index in [1.807, 2.05) is 173 Å². The van der Waals surface area contributed by atoms with Gasteiger partial charge in [-0.1, -0.05) is 59.7 Å². The maximum absolute atomic E-state index is 12.6. The van der Waals surface area contributed by atoms with Crippen LogP contribution in [0, 0.1) is 13.8 Å². The molecule has 0 saturated carbocycles. The van der Waals surface area contributed by atoms with Crippen molar-refractivity contribution >= 4 is 51.7 Å². The Labute approximate surface area is 462 Å². The van der Waals surface area contributed by atoms with Crippen LogP contribution in [0.3, 0.4) is 0 Å². The minimum Gasteiger partial charge on any atom is -0.497 e. The van der Waals surface area contributed by atoms with Gasteiger partial charge in [-0.05, 0) is 118 Å². The number of carboxylic acids is 1. The first-order chi connectivity index (χ1) is 37.8. The summed E-state index contributed by atoms with van der Waals surface area (Å²) in [5.41, 5.74) is 4.23. The number of nitrogens with zero attached hydrogens (tertiary/aromatic N) is 9. The lowest BCUT2D eigenvalue weighted by Crippen LogP contribution is -2.36. The summed E-state index contributed by atoms with van der Waals surface area (Å²) in [6.07, 6.45) is 11.1. The predicted molar refractivity (Wildman–Crippen MR) is 307 cm³/mol. The molecule has 4 aromatic heterocycles. The monoisotopic (exact) mass is 1080 g/mol. The van der Waals surface area contributed by atoms with Gasteiger partial charge in [0.05, 0.1) is 13.7 Å². The van der Waals surface area contributed by atoms with Gasteiger partial charge in [-0.2, -0.15) is 10.2 Å². The van der Waals surface area contributed by atoms with Crippen molar-refractivity contribution in [2.24, 2.45) is 0 Å². The maximum atomic E-state index is 12.6. The Morgan fingerprint density at radius 3 is 1.81 bits per heavy atom. The number of nitrogens with one attached hydrogen (secondary N) is 3. The van der Waals surface area contributed by atoms with Crippen molar-refractivity contribution in [2.75, 3.05) is 85.2 Å². The molecule has 0 spiro atoms. The van der Waals surface area contributed by atoms with Crippen LogP contribution in [-0.2, 0) is 20.9 Å². The number of aromatic amines is 1. The van der Waals surface area contributed by atoms with E-state index >= 15 is 0 Å². The largest absolute Gasteiger partial charge is 0.497 e. The Bertz CT molecular complexity index is 3180. The zero-order valence-electron chi connectivity index (χ0n) is 46.9. The highest BCUT2D eigenvalue weighted by Crippen LogP contribution is 2.36. The van der Waals surface area contributed by atoms with Gasteiger partial charge in [0.2, 0.25) is 5.91 Å². The Kier molecular flexibility index (Phi) is 20.0. The van der Waals surface area contributed by atoms with Gasteiger partial charge in [0.1, 0.15) is 45.1 Å². The molecule has 6 heterocycles. The second-order valence-corrected chi connectivity index (χ2v) is 20.9. The number of aromatic nitrogens is 6. The normalized spacial score (nSPS) is 15.3. The molecule has 0 aliphatic carbocycles. The third-order valence-electron chi connectivity index (χ3n) is 12.5. The maximum Gasteiger partial charge on any atom is 0.410 e. The van der Waals surface area contributed by atoms with E-state index in [-0.39, 0.29) is 24.1 Å². The molecule has 7 aromatic rings. The van der Waals surface area contributed by atoms with E-state index in [9.17, 15) is 14.4 Å². The average molecular weight is 1080 g/mol. The minimum atomic E-state index is -0.892. The van der Waals surface area contributed by atoms with Crippen LogP contribution in [0.5, 0.6) is 28.7 Å². The van der Waals surface area contributed by atoms with E-state index in [1.54, 1.807) is 36.6 Å². The first-order valence-electron chi connectivity index (χ1n) is 26.3. The van der Waals surface area contributed by atoms with Gasteiger partial charge in [0.25, 0.3) is 0 Å². The van der Waals surface area contributed by atoms with Gasteiger partial charge < -0.3 is 54.3 Å². The number of ether oxygens (including phenoxy) is 4. The molecule has 0 bridgehead atoms. The van der Waals surface area contributed by atoms with Crippen molar-refractivity contribution in [2.45, 2.75) is 71.7 Å². The highest BCUT2D eigenvalue weighted by atomic mass is 16.6. The number of likely N-dealkylation sites (tertiary alicyclic amines) is 2. The summed E-state index contributed by atoms with van der Waals surface area (Å²) in [7, 11) is 9.37. The molecule has 2 fully saturated rings. The van der Waals surface area contributed by atoms with Crippen LogP contribution in [0.2, 0.25) is 0 Å². The number of pyridine rings is 2. The van der Waals surface area contributed by atoms with E-state index in [1.165, 1.54) is 5.56 Å². The van der Waals surface area contributed by atoms with Gasteiger partial charge in [-0.25, -0.2) is 24.2 Å². The van der Waals surface area contributed by atoms with Crippen LogP contribution in [-0.4, -0.2) is 165 Å². The second kappa shape index (κ2) is 27.2. The Morgan fingerprint density at radius 2 is 1.24 bits per heavy atom. The number of anilines is 2. The Balaban J connectivity index is 0.000000202. The van der Waals surface area contributed by atoms with Gasteiger partial charge in [-0.3, -0.25) is 9.89 Å². The summed E-state index contributed by atoms with van der Waals surface area (Å²) in [5, 5.41) is 29.1. The molecule has 2 atom stereocenters. The number of carbonyl (C=O) groups is 3. The smallest absolute Gasteiger partial charge is 0.410 e. The lowest BCUT2D eigenvalue weighted by molar-refractivity contribution is -0.131. The average Bonchev–Trinajstić information content (AvgIpc) is 4.39. The summed E-state index contributed by atoms with van der Waals surface area (Å²) >= 11 is 0. The van der Waals surface area contributed by atoms with Crippen LogP contribution in [0.1, 0.15) is 50.3 Å². The third-order valence-corrected chi connectivity index (χ3v) is 12.5. The molecule has 4 N–H and O–H groups in total. The third kappa shape index (κ3) is 17.3. The van der Waals surface area contributed by atoms with Crippen molar-refractivity contribution in [3.05, 3.63) is 138 Å². The summed E-state index contributed by atoms with van der Waals surface area (Å²) in [5.74, 6) is 4.15. The van der Waals surface area contributed by atoms with Gasteiger partial charge in [0.15, 0.2) is 22.9 Å². The van der Waals surface area contributed by atoms with Crippen molar-refractivity contribution in [1.29, 1.82) is 0 Å². The molecule has 0 unspecified atom stereocenters. The Hall–Kier alpha value is -8.49. The van der Waals surface area contributed by atoms with Crippen molar-refractivity contribution < 1.29 is 38.4 Å². The SMILES string of the molecule is CN(C)C/C=C/C(=O)O.COc1ccc(Cn2nc(N[C@@H]3CCN(C(=O)OC(C)(C)C)C3)c3c(Oc4ccc(C)cc4)ccnc32)cc1.Cc1ccc(Oc2ccnc3[nH]nc(N[C@@H]4CCN(C(=O)/C=C/CN(C)C)C4)c23)cc1. The summed E-state index contributed by atoms with van der Waals surface area (Å²) in [6.45, 7) is 14.1. The van der Waals surface area contributed by atoms with E-state index in [4.69, 9.17) is 29.2 Å². The van der Waals surface area contributed by atoms with Crippen LogP contribution in [0.15, 0.2) is 122 Å². The molecule has 2 amide bonds. The van der Waals surface area contributed by atoms with E-state index in [0.29, 0.717) is 67.2 Å². The van der Waals surface area contributed by atoms with Crippen LogP contribution < -0.4 is 24.8 Å². The van der Waals surface area contributed by atoms with Gasteiger partial charge >= 0.3 is 12.1 Å². The van der Waals surface area contributed by atoms with Gasteiger partial charge in [0, 0.05) is 88.0 Å². The lowest BCUT2D eigenvalue weighted by Gasteiger charge is -2.24. The summed E-state index contributed by atoms with van der Waals surface area (Å²) in [4.78, 5) is 51.5. The standard InChI is InChI=1S/C30H35N5O4.C23H28N6O2.C6H11NO2/c1-20-6-10-24(11-7-20)38-25-14-16-31-28-26(25)27(33-35(28)18-21-8-12-23(37-5)13-9-21)32-22-15-17-34(19-22)29(36)39-30(2,3)4;1-16-6-8-18(9-7-16)31-19-10-12-24-22-21(19)23(27-26-22)25-17-11-14-29(15-17)20(30)5-4-13-28(2)3;1-7(2)5-3-4-6(8)9/h6-14,16,22H,15,17-19H2,1-5H3,(H,32,33);4-10,12,17H,11,13-15H2,1-3H3,(H2,24,25,26,27);3-4H,5H2,1-2H3,(H,8,9)/b;5-4+;4-3+/t22-;17-;/m11./s1. The predicted octanol–water partition coefficient (Wildman–Crippen LogP) is 9.39. The molecule has 3 aromatic carbocycles. The van der Waals surface area contributed by atoms with Crippen LogP contribution in [0.25, 0.3) is 22.1 Å². The molecule has 2 aliphatic rings. The second-order valence-electron chi connectivity index (χ2n) is 20.9.